The number of aliphatic carboxylic acids is 1. The Morgan fingerprint density at radius 1 is 1.42 bits per heavy atom. The number of benzene rings is 1. The van der Waals surface area contributed by atoms with Crippen LogP contribution in [0.2, 0.25) is 0 Å². The fourth-order valence-corrected chi connectivity index (χ4v) is 2.23. The van der Waals surface area contributed by atoms with Crippen LogP contribution in [0.15, 0.2) is 18.2 Å². The lowest BCUT2D eigenvalue weighted by atomic mass is 10.00. The van der Waals surface area contributed by atoms with Crippen LogP contribution in [0, 0.1) is 19.7 Å². The summed E-state index contributed by atoms with van der Waals surface area (Å²) in [7, 11) is 1.71. The fourth-order valence-electron chi connectivity index (χ4n) is 2.23. The third kappa shape index (κ3) is 2.50. The van der Waals surface area contributed by atoms with Gasteiger partial charge in [-0.25, -0.2) is 4.39 Å². The molecule has 0 bridgehead atoms. The Bertz CT molecular complexity index is 647. The van der Waals surface area contributed by atoms with Crippen LogP contribution >= 0.6 is 0 Å². The molecule has 2 rings (SSSR count). The van der Waals surface area contributed by atoms with Gasteiger partial charge in [-0.15, -0.1) is 0 Å². The molecule has 1 aromatic carbocycles. The Morgan fingerprint density at radius 2 is 2.11 bits per heavy atom. The topological polar surface area (TPSA) is 55.1 Å². The SMILES string of the molecule is Cc1cc(-c2c(C)nn(C)c2CC(=O)O)ccc1F. The molecular weight excluding hydrogens is 247 g/mol. The van der Waals surface area contributed by atoms with Gasteiger partial charge in [0.15, 0.2) is 0 Å². The first-order chi connectivity index (χ1) is 8.90. The standard InChI is InChI=1S/C14H15FN2O2/c1-8-6-10(4-5-11(8)15)14-9(2)16-17(3)12(14)7-13(18)19/h4-6H,7H2,1-3H3,(H,18,19). The predicted octanol–water partition coefficient (Wildman–Crippen LogP) is 2.47. The lowest BCUT2D eigenvalue weighted by Crippen LogP contribution is -2.07. The molecule has 0 atom stereocenters. The zero-order chi connectivity index (χ0) is 14.2. The molecule has 1 N–H and O–H groups in total. The van der Waals surface area contributed by atoms with Crippen molar-refractivity contribution in [2.45, 2.75) is 20.3 Å². The summed E-state index contributed by atoms with van der Waals surface area (Å²) >= 11 is 0. The van der Waals surface area contributed by atoms with Crippen molar-refractivity contribution in [2.24, 2.45) is 7.05 Å². The molecule has 100 valence electrons. The van der Waals surface area contributed by atoms with Crippen LogP contribution in [0.1, 0.15) is 17.0 Å². The number of carboxylic acid groups (broad SMARTS) is 1. The molecule has 2 aromatic rings. The average molecular weight is 262 g/mol. The van der Waals surface area contributed by atoms with E-state index in [4.69, 9.17) is 5.11 Å². The molecule has 0 aliphatic rings. The van der Waals surface area contributed by atoms with E-state index >= 15 is 0 Å². The van der Waals surface area contributed by atoms with Crippen molar-refractivity contribution in [2.75, 3.05) is 0 Å². The van der Waals surface area contributed by atoms with E-state index in [9.17, 15) is 9.18 Å². The van der Waals surface area contributed by atoms with Crippen molar-refractivity contribution in [3.63, 3.8) is 0 Å². The largest absolute Gasteiger partial charge is 0.481 e. The van der Waals surface area contributed by atoms with E-state index in [1.807, 2.05) is 6.92 Å². The highest BCUT2D eigenvalue weighted by Gasteiger charge is 2.18. The molecule has 19 heavy (non-hydrogen) atoms. The summed E-state index contributed by atoms with van der Waals surface area (Å²) in [4.78, 5) is 10.9. The van der Waals surface area contributed by atoms with Gasteiger partial charge >= 0.3 is 5.97 Å². The minimum atomic E-state index is -0.914. The Kier molecular flexibility index (Phi) is 3.38. The van der Waals surface area contributed by atoms with E-state index in [0.717, 1.165) is 16.8 Å². The van der Waals surface area contributed by atoms with E-state index in [1.165, 1.54) is 6.07 Å². The minimum absolute atomic E-state index is 0.108. The van der Waals surface area contributed by atoms with E-state index in [1.54, 1.807) is 30.8 Å². The normalized spacial score (nSPS) is 10.7. The highest BCUT2D eigenvalue weighted by atomic mass is 19.1. The third-order valence-electron chi connectivity index (χ3n) is 3.11. The second-order valence-corrected chi connectivity index (χ2v) is 4.57. The van der Waals surface area contributed by atoms with E-state index in [0.29, 0.717) is 11.3 Å². The molecule has 0 spiro atoms. The van der Waals surface area contributed by atoms with Crippen LogP contribution in [0.3, 0.4) is 0 Å². The first-order valence-corrected chi connectivity index (χ1v) is 5.91. The molecule has 0 saturated heterocycles. The number of carbonyl (C=O) groups is 1. The second kappa shape index (κ2) is 4.84. The van der Waals surface area contributed by atoms with Crippen LogP contribution < -0.4 is 0 Å². The monoisotopic (exact) mass is 262 g/mol. The lowest BCUT2D eigenvalue weighted by Gasteiger charge is -2.06. The smallest absolute Gasteiger partial charge is 0.309 e. The van der Waals surface area contributed by atoms with Gasteiger partial charge in [-0.1, -0.05) is 6.07 Å². The van der Waals surface area contributed by atoms with Gasteiger partial charge < -0.3 is 5.11 Å². The maximum atomic E-state index is 13.3. The number of aryl methyl sites for hydroxylation is 3. The number of hydrogen-bond acceptors (Lipinski definition) is 2. The van der Waals surface area contributed by atoms with Gasteiger partial charge in [0.05, 0.1) is 17.8 Å². The highest BCUT2D eigenvalue weighted by Crippen LogP contribution is 2.28. The number of nitrogens with zero attached hydrogens (tertiary/aromatic N) is 2. The maximum Gasteiger partial charge on any atom is 0.309 e. The molecule has 0 aliphatic heterocycles. The highest BCUT2D eigenvalue weighted by molar-refractivity contribution is 5.77. The summed E-state index contributed by atoms with van der Waals surface area (Å²) in [6, 6.07) is 4.75. The Hall–Kier alpha value is -2.17. The molecule has 1 aromatic heterocycles. The number of carboxylic acids is 1. The molecular formula is C14H15FN2O2. The third-order valence-corrected chi connectivity index (χ3v) is 3.11. The van der Waals surface area contributed by atoms with Crippen LogP contribution in [0.25, 0.3) is 11.1 Å². The van der Waals surface area contributed by atoms with E-state index in [-0.39, 0.29) is 12.2 Å². The molecule has 0 radical (unpaired) electrons. The Labute approximate surface area is 110 Å². The van der Waals surface area contributed by atoms with Gasteiger partial charge in [-0.05, 0) is 37.1 Å². The molecule has 4 nitrogen and oxygen atoms in total. The quantitative estimate of drug-likeness (QED) is 0.924. The Morgan fingerprint density at radius 3 is 2.68 bits per heavy atom. The van der Waals surface area contributed by atoms with Gasteiger partial charge in [-0.3, -0.25) is 9.48 Å². The van der Waals surface area contributed by atoms with Crippen LogP contribution in [-0.2, 0) is 18.3 Å². The minimum Gasteiger partial charge on any atom is -0.481 e. The molecule has 5 heteroatoms. The van der Waals surface area contributed by atoms with Crippen molar-refractivity contribution >= 4 is 5.97 Å². The van der Waals surface area contributed by atoms with Crippen molar-refractivity contribution in [1.82, 2.24) is 9.78 Å². The molecule has 0 unspecified atom stereocenters. The van der Waals surface area contributed by atoms with E-state index in [2.05, 4.69) is 5.10 Å². The summed E-state index contributed by atoms with van der Waals surface area (Å²) in [6.07, 6.45) is -0.108. The molecule has 0 saturated carbocycles. The van der Waals surface area contributed by atoms with Crippen LogP contribution in [0.5, 0.6) is 0 Å². The molecule has 1 heterocycles. The van der Waals surface area contributed by atoms with Gasteiger partial charge in [-0.2, -0.15) is 5.10 Å². The van der Waals surface area contributed by atoms with Crippen LogP contribution in [-0.4, -0.2) is 20.9 Å². The van der Waals surface area contributed by atoms with Crippen LogP contribution in [0.4, 0.5) is 4.39 Å². The second-order valence-electron chi connectivity index (χ2n) is 4.57. The fraction of sp³-hybridized carbons (Fsp3) is 0.286. The lowest BCUT2D eigenvalue weighted by molar-refractivity contribution is -0.136. The summed E-state index contributed by atoms with van der Waals surface area (Å²) < 4.78 is 14.9. The number of hydrogen-bond donors (Lipinski definition) is 1. The summed E-state index contributed by atoms with van der Waals surface area (Å²) in [5, 5.41) is 13.2. The first kappa shape index (κ1) is 13.3. The van der Waals surface area contributed by atoms with Crippen molar-refractivity contribution in [1.29, 1.82) is 0 Å². The Balaban J connectivity index is 2.60. The zero-order valence-corrected chi connectivity index (χ0v) is 11.1. The average Bonchev–Trinajstić information content (AvgIpc) is 2.57. The van der Waals surface area contributed by atoms with Gasteiger partial charge in [0, 0.05) is 12.6 Å². The van der Waals surface area contributed by atoms with Gasteiger partial charge in [0.1, 0.15) is 5.82 Å². The van der Waals surface area contributed by atoms with Crippen molar-refractivity contribution in [3.8, 4) is 11.1 Å². The molecule has 0 amide bonds. The number of halogens is 1. The van der Waals surface area contributed by atoms with Crippen molar-refractivity contribution < 1.29 is 14.3 Å². The van der Waals surface area contributed by atoms with Gasteiger partial charge in [0.25, 0.3) is 0 Å². The first-order valence-electron chi connectivity index (χ1n) is 5.91. The summed E-state index contributed by atoms with van der Waals surface area (Å²) in [5.41, 5.74) is 3.46. The molecule has 0 aliphatic carbocycles. The summed E-state index contributed by atoms with van der Waals surface area (Å²) in [5.74, 6) is -1.19. The number of rotatable bonds is 3. The summed E-state index contributed by atoms with van der Waals surface area (Å²) in [6.45, 7) is 3.50. The van der Waals surface area contributed by atoms with Gasteiger partial charge in [0.2, 0.25) is 0 Å². The zero-order valence-electron chi connectivity index (χ0n) is 11.1. The molecule has 0 fully saturated rings. The maximum absolute atomic E-state index is 13.3. The van der Waals surface area contributed by atoms with Crippen molar-refractivity contribution in [3.05, 3.63) is 41.0 Å². The predicted molar refractivity (Wildman–Crippen MR) is 69.4 cm³/mol. The number of aromatic nitrogens is 2. The van der Waals surface area contributed by atoms with E-state index < -0.39 is 5.97 Å².